The first-order valence-electron chi connectivity index (χ1n) is 11.8. The van der Waals surface area contributed by atoms with Gasteiger partial charge in [0.15, 0.2) is 5.78 Å². The van der Waals surface area contributed by atoms with Crippen LogP contribution in [0.5, 0.6) is 0 Å². The first-order chi connectivity index (χ1) is 17.0. The number of nitrogens with two attached hydrogens (primary N) is 1. The van der Waals surface area contributed by atoms with Crippen LogP contribution < -0.4 is 10.6 Å². The number of carbonyl (C=O) groups is 2. The number of halogens is 1. The van der Waals surface area contributed by atoms with Crippen molar-refractivity contribution in [1.82, 2.24) is 10.0 Å². The molecule has 7 nitrogen and oxygen atoms in total. The summed E-state index contributed by atoms with van der Waals surface area (Å²) in [5.74, 6) is -0.794. The van der Waals surface area contributed by atoms with E-state index in [4.69, 9.17) is 5.73 Å². The van der Waals surface area contributed by atoms with Crippen LogP contribution >= 0.6 is 0 Å². The minimum absolute atomic E-state index is 0.0436. The monoisotopic (exact) mass is 485 g/mol. The van der Waals surface area contributed by atoms with Gasteiger partial charge in [-0.2, -0.15) is 5.26 Å². The van der Waals surface area contributed by atoms with Crippen molar-refractivity contribution in [2.75, 3.05) is 19.0 Å². The van der Waals surface area contributed by atoms with Crippen LogP contribution in [0.25, 0.3) is 0 Å². The van der Waals surface area contributed by atoms with Crippen molar-refractivity contribution in [3.05, 3.63) is 88.1 Å². The smallest absolute Gasteiger partial charge is 0.248 e. The van der Waals surface area contributed by atoms with Gasteiger partial charge in [-0.1, -0.05) is 44.2 Å². The molecule has 0 saturated heterocycles. The first-order valence-corrected chi connectivity index (χ1v) is 11.8. The number of anilines is 1. The fraction of sp³-hybridized carbons (Fsp3) is 0.321. The number of hydrogen-bond acceptors (Lipinski definition) is 6. The molecule has 0 aromatic heterocycles. The largest absolute Gasteiger partial charge is 0.383 e. The maximum atomic E-state index is 14.6. The predicted octanol–water partition coefficient (Wildman–Crippen LogP) is 3.74. The van der Waals surface area contributed by atoms with Gasteiger partial charge >= 0.3 is 0 Å². The summed E-state index contributed by atoms with van der Waals surface area (Å²) in [6, 6.07) is 15.4. The van der Waals surface area contributed by atoms with Gasteiger partial charge in [0.25, 0.3) is 0 Å². The lowest BCUT2D eigenvalue weighted by molar-refractivity contribution is -0.126. The maximum absolute atomic E-state index is 14.6. The Kier molecular flexibility index (Phi) is 5.31. The number of para-hydroxylation sites is 1. The Morgan fingerprint density at radius 1 is 1.08 bits per heavy atom. The fourth-order valence-corrected chi connectivity index (χ4v) is 5.93. The lowest BCUT2D eigenvalue weighted by Gasteiger charge is -2.48. The van der Waals surface area contributed by atoms with Crippen molar-refractivity contribution in [2.45, 2.75) is 38.6 Å². The molecular weight excluding hydrogens is 457 g/mol. The molecule has 2 heterocycles. The van der Waals surface area contributed by atoms with Crippen molar-refractivity contribution >= 4 is 17.4 Å². The number of nitriles is 1. The van der Waals surface area contributed by atoms with Crippen LogP contribution in [-0.4, -0.2) is 35.8 Å². The van der Waals surface area contributed by atoms with E-state index in [9.17, 15) is 19.2 Å². The predicted molar refractivity (Wildman–Crippen MR) is 133 cm³/mol. The number of Topliss-reactive ketones (excluding diaryl/α,β-unsaturated/α-hetero) is 1. The number of amides is 1. The SMILES string of the molecule is CN(C)N1C(N)=C(C#N)C2(C(=O)N(Cc3ccc(F)cc3)c3ccccc32)C2=C1CC(C)(C)CC2=O. The molecule has 184 valence electrons. The Morgan fingerprint density at radius 2 is 1.75 bits per heavy atom. The summed E-state index contributed by atoms with van der Waals surface area (Å²) in [6.07, 6.45) is 0.766. The molecule has 0 bridgehead atoms. The van der Waals surface area contributed by atoms with Crippen molar-refractivity contribution in [2.24, 2.45) is 11.1 Å². The van der Waals surface area contributed by atoms with Crippen molar-refractivity contribution in [3.63, 3.8) is 0 Å². The summed E-state index contributed by atoms with van der Waals surface area (Å²) in [7, 11) is 3.59. The Labute approximate surface area is 209 Å². The van der Waals surface area contributed by atoms with E-state index < -0.39 is 11.3 Å². The van der Waals surface area contributed by atoms with Crippen LogP contribution in [0, 0.1) is 22.6 Å². The molecule has 1 spiro atoms. The molecule has 0 saturated carbocycles. The van der Waals surface area contributed by atoms with Crippen molar-refractivity contribution in [3.8, 4) is 6.07 Å². The highest BCUT2D eigenvalue weighted by Crippen LogP contribution is 2.58. The highest BCUT2D eigenvalue weighted by atomic mass is 19.1. The number of carbonyl (C=O) groups excluding carboxylic acids is 2. The number of fused-ring (bicyclic) bond motifs is 3. The maximum Gasteiger partial charge on any atom is 0.248 e. The molecule has 1 amide bonds. The molecule has 0 fully saturated rings. The summed E-state index contributed by atoms with van der Waals surface area (Å²) in [4.78, 5) is 30.0. The molecule has 2 aliphatic heterocycles. The van der Waals surface area contributed by atoms with E-state index in [-0.39, 0.29) is 41.4 Å². The van der Waals surface area contributed by atoms with Gasteiger partial charge in [-0.25, -0.2) is 9.40 Å². The second-order valence-electron chi connectivity index (χ2n) is 10.6. The third kappa shape index (κ3) is 3.20. The molecule has 8 heteroatoms. The van der Waals surface area contributed by atoms with Gasteiger partial charge in [-0.15, -0.1) is 0 Å². The second kappa shape index (κ2) is 8.04. The zero-order valence-electron chi connectivity index (χ0n) is 20.8. The summed E-state index contributed by atoms with van der Waals surface area (Å²) in [6.45, 7) is 4.19. The highest BCUT2D eigenvalue weighted by Gasteiger charge is 2.63. The average Bonchev–Trinajstić information content (AvgIpc) is 3.03. The summed E-state index contributed by atoms with van der Waals surface area (Å²) >= 11 is 0. The third-order valence-corrected chi connectivity index (χ3v) is 7.27. The molecular formula is C28H28FN5O2. The van der Waals surface area contributed by atoms with E-state index >= 15 is 0 Å². The highest BCUT2D eigenvalue weighted by molar-refractivity contribution is 6.20. The number of ketones is 1. The van der Waals surface area contributed by atoms with Crippen LogP contribution in [-0.2, 0) is 21.5 Å². The van der Waals surface area contributed by atoms with Gasteiger partial charge in [0.05, 0.1) is 12.1 Å². The van der Waals surface area contributed by atoms with Gasteiger partial charge in [0.1, 0.15) is 23.1 Å². The quantitative estimate of drug-likeness (QED) is 0.712. The third-order valence-electron chi connectivity index (χ3n) is 7.27. The molecule has 3 aliphatic rings. The number of rotatable bonds is 3. The van der Waals surface area contributed by atoms with E-state index in [1.807, 2.05) is 26.0 Å². The number of allylic oxidation sites excluding steroid dienone is 1. The average molecular weight is 486 g/mol. The standard InChI is InChI=1S/C28H28FN5O2/c1-27(2)13-22-24(23(35)14-27)28(20(15-30)25(31)34(22)32(3)4)19-7-5-6-8-21(19)33(26(28)36)16-17-9-11-18(29)12-10-17/h5-12H,13-14,16,31H2,1-4H3. The van der Waals surface area contributed by atoms with Crippen molar-refractivity contribution in [1.29, 1.82) is 5.26 Å². The van der Waals surface area contributed by atoms with Gasteiger partial charge in [0, 0.05) is 43.0 Å². The molecule has 0 radical (unpaired) electrons. The molecule has 2 N–H and O–H groups in total. The van der Waals surface area contributed by atoms with Crippen molar-refractivity contribution < 1.29 is 14.0 Å². The zero-order chi connectivity index (χ0) is 26.0. The summed E-state index contributed by atoms with van der Waals surface area (Å²) < 4.78 is 13.5. The van der Waals surface area contributed by atoms with E-state index in [2.05, 4.69) is 6.07 Å². The number of hydrazine groups is 1. The molecule has 2 aromatic carbocycles. The van der Waals surface area contributed by atoms with Gasteiger partial charge < -0.3 is 10.6 Å². The van der Waals surface area contributed by atoms with Crippen LogP contribution in [0.4, 0.5) is 10.1 Å². The Bertz CT molecular complexity index is 1400. The number of benzene rings is 2. The van der Waals surface area contributed by atoms with Crippen LogP contribution in [0.1, 0.15) is 37.8 Å². The van der Waals surface area contributed by atoms with Crippen LogP contribution in [0.2, 0.25) is 0 Å². The normalized spacial score (nSPS) is 22.9. The molecule has 1 aliphatic carbocycles. The lowest BCUT2D eigenvalue weighted by atomic mass is 9.61. The molecule has 1 unspecified atom stereocenters. The van der Waals surface area contributed by atoms with Gasteiger partial charge in [-0.05, 0) is 35.6 Å². The zero-order valence-corrected chi connectivity index (χ0v) is 20.8. The second-order valence-corrected chi connectivity index (χ2v) is 10.6. The first kappa shape index (κ1) is 23.8. The Hall–Kier alpha value is -3.96. The topological polar surface area (TPSA) is 93.7 Å². The molecule has 2 aromatic rings. The minimum Gasteiger partial charge on any atom is -0.383 e. The van der Waals surface area contributed by atoms with E-state index in [1.54, 1.807) is 53.3 Å². The van der Waals surface area contributed by atoms with E-state index in [1.165, 1.54) is 12.1 Å². The number of hydrogen-bond donors (Lipinski definition) is 1. The summed E-state index contributed by atoms with van der Waals surface area (Å²) in [5.41, 5.74) is 7.57. The van der Waals surface area contributed by atoms with E-state index in [0.29, 0.717) is 28.9 Å². The Balaban J connectivity index is 1.81. The molecule has 5 rings (SSSR count). The van der Waals surface area contributed by atoms with Gasteiger partial charge in [-0.3, -0.25) is 14.6 Å². The van der Waals surface area contributed by atoms with Gasteiger partial charge in [0.2, 0.25) is 5.91 Å². The van der Waals surface area contributed by atoms with E-state index in [0.717, 1.165) is 5.56 Å². The minimum atomic E-state index is -1.63. The lowest BCUT2D eigenvalue weighted by Crippen LogP contribution is -2.55. The molecule has 1 atom stereocenters. The van der Waals surface area contributed by atoms with Crippen LogP contribution in [0.15, 0.2) is 71.2 Å². The summed E-state index contributed by atoms with van der Waals surface area (Å²) in [5, 5.41) is 13.9. The fourth-order valence-electron chi connectivity index (χ4n) is 5.93. The van der Waals surface area contributed by atoms with Crippen LogP contribution in [0.3, 0.4) is 0 Å². The number of nitrogens with zero attached hydrogens (tertiary/aromatic N) is 4. The Morgan fingerprint density at radius 3 is 2.39 bits per heavy atom. The molecule has 36 heavy (non-hydrogen) atoms.